The van der Waals surface area contributed by atoms with Crippen molar-refractivity contribution < 1.29 is 4.74 Å². The first kappa shape index (κ1) is 9.84. The molecule has 0 bridgehead atoms. The van der Waals surface area contributed by atoms with Crippen molar-refractivity contribution in [2.75, 3.05) is 0 Å². The number of para-hydroxylation sites is 1. The van der Waals surface area contributed by atoms with Gasteiger partial charge in [-0.15, -0.1) is 0 Å². The second-order valence-corrected chi connectivity index (χ2v) is 3.85. The molecule has 0 unspecified atom stereocenters. The van der Waals surface area contributed by atoms with Gasteiger partial charge in [-0.25, -0.2) is 4.99 Å². The van der Waals surface area contributed by atoms with Gasteiger partial charge in [0.2, 0.25) is 5.75 Å². The zero-order chi connectivity index (χ0) is 11.8. The third-order valence-electron chi connectivity index (χ3n) is 2.63. The average molecular weight is 226 g/mol. The van der Waals surface area contributed by atoms with Crippen LogP contribution in [-0.2, 0) is 0 Å². The summed E-state index contributed by atoms with van der Waals surface area (Å²) in [4.78, 5) is 19.0. The van der Waals surface area contributed by atoms with E-state index >= 15 is 0 Å². The molecule has 4 heteroatoms. The molecule has 17 heavy (non-hydrogen) atoms. The van der Waals surface area contributed by atoms with Crippen LogP contribution in [0.3, 0.4) is 0 Å². The van der Waals surface area contributed by atoms with Gasteiger partial charge in [-0.3, -0.25) is 4.79 Å². The molecule has 1 aliphatic rings. The molecule has 2 heterocycles. The normalized spacial score (nSPS) is 13.8. The van der Waals surface area contributed by atoms with Crippen molar-refractivity contribution in [3.8, 4) is 5.75 Å². The summed E-state index contributed by atoms with van der Waals surface area (Å²) in [5, 5.41) is 0.880. The van der Waals surface area contributed by atoms with Crippen molar-refractivity contribution in [1.29, 1.82) is 0 Å². The van der Waals surface area contributed by atoms with Crippen LogP contribution in [0.15, 0.2) is 46.4 Å². The Balaban J connectivity index is 2.48. The van der Waals surface area contributed by atoms with Crippen molar-refractivity contribution >= 4 is 22.3 Å². The molecule has 0 radical (unpaired) electrons. The van der Waals surface area contributed by atoms with E-state index in [0.717, 1.165) is 16.6 Å². The Kier molecular flexibility index (Phi) is 2.08. The molecule has 4 nitrogen and oxygen atoms in total. The third-order valence-corrected chi connectivity index (χ3v) is 2.63. The summed E-state index contributed by atoms with van der Waals surface area (Å²) in [6.07, 6.45) is 3.21. The Bertz CT molecular complexity index is 711. The van der Waals surface area contributed by atoms with E-state index < -0.39 is 0 Å². The lowest BCUT2D eigenvalue weighted by molar-refractivity contribution is 0.478. The molecular weight excluding hydrogens is 216 g/mol. The van der Waals surface area contributed by atoms with Crippen LogP contribution in [0, 0.1) is 0 Å². The number of nitrogens with one attached hydrogen (secondary N) is 1. The predicted molar refractivity (Wildman–Crippen MR) is 67.1 cm³/mol. The Hall–Kier alpha value is -2.36. The highest BCUT2D eigenvalue weighted by atomic mass is 16.5. The summed E-state index contributed by atoms with van der Waals surface area (Å²) >= 11 is 0. The number of fused-ring (bicyclic) bond motifs is 3. The number of hydrogen-bond donors (Lipinski definition) is 1. The molecular formula is C13H10N2O2. The van der Waals surface area contributed by atoms with Crippen molar-refractivity contribution in [2.45, 2.75) is 6.92 Å². The van der Waals surface area contributed by atoms with Gasteiger partial charge in [0, 0.05) is 11.1 Å². The highest BCUT2D eigenvalue weighted by Crippen LogP contribution is 2.33. The molecule has 1 aliphatic heterocycles. The van der Waals surface area contributed by atoms with Gasteiger partial charge in [0.05, 0.1) is 11.8 Å². The SMILES string of the molecule is CC1=Nc2c(c(=O)[nH]c3ccccc23)OC=C1. The first-order chi connectivity index (χ1) is 8.25. The standard InChI is InChI=1S/C13H10N2O2/c1-8-6-7-17-12-11(14-8)9-4-2-3-5-10(9)15-13(12)16/h2-7H,1H3,(H,15,16). The number of hydrogen-bond acceptors (Lipinski definition) is 3. The van der Waals surface area contributed by atoms with Crippen molar-refractivity contribution in [3.05, 3.63) is 47.0 Å². The van der Waals surface area contributed by atoms with Crippen LogP contribution in [0.25, 0.3) is 10.9 Å². The fourth-order valence-corrected chi connectivity index (χ4v) is 1.84. The van der Waals surface area contributed by atoms with Crippen LogP contribution in [0.2, 0.25) is 0 Å². The Morgan fingerprint density at radius 1 is 1.29 bits per heavy atom. The maximum Gasteiger partial charge on any atom is 0.293 e. The Morgan fingerprint density at radius 2 is 2.12 bits per heavy atom. The lowest BCUT2D eigenvalue weighted by atomic mass is 10.2. The van der Waals surface area contributed by atoms with Crippen LogP contribution in [-0.4, -0.2) is 10.7 Å². The second kappa shape index (κ2) is 3.59. The van der Waals surface area contributed by atoms with E-state index in [1.165, 1.54) is 6.26 Å². The second-order valence-electron chi connectivity index (χ2n) is 3.85. The van der Waals surface area contributed by atoms with E-state index in [-0.39, 0.29) is 11.3 Å². The van der Waals surface area contributed by atoms with Gasteiger partial charge in [0.25, 0.3) is 5.56 Å². The highest BCUT2D eigenvalue weighted by Gasteiger charge is 2.14. The van der Waals surface area contributed by atoms with Gasteiger partial charge in [0.1, 0.15) is 5.69 Å². The Labute approximate surface area is 97.3 Å². The van der Waals surface area contributed by atoms with E-state index in [2.05, 4.69) is 9.98 Å². The lowest BCUT2D eigenvalue weighted by Crippen LogP contribution is -2.08. The number of benzene rings is 1. The molecule has 0 fully saturated rings. The molecule has 0 aliphatic carbocycles. The van der Waals surface area contributed by atoms with E-state index in [9.17, 15) is 4.79 Å². The monoisotopic (exact) mass is 226 g/mol. The first-order valence-electron chi connectivity index (χ1n) is 5.29. The summed E-state index contributed by atoms with van der Waals surface area (Å²) < 4.78 is 5.32. The zero-order valence-electron chi connectivity index (χ0n) is 9.23. The molecule has 1 aromatic carbocycles. The maximum absolute atomic E-state index is 11.9. The van der Waals surface area contributed by atoms with Crippen LogP contribution in [0.1, 0.15) is 6.92 Å². The van der Waals surface area contributed by atoms with Crippen LogP contribution < -0.4 is 10.3 Å². The van der Waals surface area contributed by atoms with Crippen LogP contribution >= 0.6 is 0 Å². The van der Waals surface area contributed by atoms with Crippen molar-refractivity contribution in [1.82, 2.24) is 4.98 Å². The highest BCUT2D eigenvalue weighted by molar-refractivity contribution is 6.01. The van der Waals surface area contributed by atoms with Crippen LogP contribution in [0.5, 0.6) is 5.75 Å². The minimum absolute atomic E-state index is 0.247. The maximum atomic E-state index is 11.9. The number of rotatable bonds is 0. The predicted octanol–water partition coefficient (Wildman–Crippen LogP) is 2.53. The fraction of sp³-hybridized carbons (Fsp3) is 0.0769. The molecule has 3 rings (SSSR count). The molecule has 0 spiro atoms. The number of nitrogens with zero attached hydrogens (tertiary/aromatic N) is 1. The molecule has 0 saturated heterocycles. The Morgan fingerprint density at radius 3 is 3.00 bits per heavy atom. The molecule has 2 aromatic rings. The third kappa shape index (κ3) is 1.54. The van der Waals surface area contributed by atoms with Crippen molar-refractivity contribution in [3.63, 3.8) is 0 Å². The summed E-state index contributed by atoms with van der Waals surface area (Å²) in [5.41, 5.74) is 1.89. The molecule has 0 amide bonds. The van der Waals surface area contributed by atoms with E-state index in [0.29, 0.717) is 5.69 Å². The molecule has 1 N–H and O–H groups in total. The lowest BCUT2D eigenvalue weighted by Gasteiger charge is -2.06. The molecule has 84 valence electrons. The topological polar surface area (TPSA) is 54.5 Å². The molecule has 0 atom stereocenters. The minimum Gasteiger partial charge on any atom is -0.457 e. The smallest absolute Gasteiger partial charge is 0.293 e. The van der Waals surface area contributed by atoms with Gasteiger partial charge >= 0.3 is 0 Å². The van der Waals surface area contributed by atoms with Crippen LogP contribution in [0.4, 0.5) is 5.69 Å². The van der Waals surface area contributed by atoms with E-state index in [4.69, 9.17) is 4.74 Å². The molecule has 0 saturated carbocycles. The largest absolute Gasteiger partial charge is 0.457 e. The summed E-state index contributed by atoms with van der Waals surface area (Å²) in [5.74, 6) is 0.247. The summed E-state index contributed by atoms with van der Waals surface area (Å²) in [7, 11) is 0. The molecule has 1 aromatic heterocycles. The average Bonchev–Trinajstić information content (AvgIpc) is 2.51. The number of aromatic amines is 1. The zero-order valence-corrected chi connectivity index (χ0v) is 9.23. The van der Waals surface area contributed by atoms with Gasteiger partial charge in [-0.05, 0) is 19.1 Å². The van der Waals surface area contributed by atoms with Crippen molar-refractivity contribution in [2.24, 2.45) is 4.99 Å². The first-order valence-corrected chi connectivity index (χ1v) is 5.29. The number of allylic oxidation sites excluding steroid dienone is 1. The number of pyridine rings is 1. The van der Waals surface area contributed by atoms with E-state index in [1.54, 1.807) is 6.08 Å². The number of H-pyrrole nitrogens is 1. The number of ether oxygens (including phenoxy) is 1. The fourth-order valence-electron chi connectivity index (χ4n) is 1.84. The van der Waals surface area contributed by atoms with Gasteiger partial charge in [-0.2, -0.15) is 0 Å². The minimum atomic E-state index is -0.262. The van der Waals surface area contributed by atoms with Gasteiger partial charge < -0.3 is 9.72 Å². The van der Waals surface area contributed by atoms with Gasteiger partial charge in [0.15, 0.2) is 0 Å². The quantitative estimate of drug-likeness (QED) is 0.750. The van der Waals surface area contributed by atoms with Gasteiger partial charge in [-0.1, -0.05) is 18.2 Å². The van der Waals surface area contributed by atoms with E-state index in [1.807, 2.05) is 31.2 Å². The summed E-state index contributed by atoms with van der Waals surface area (Å²) in [6, 6.07) is 7.54. The number of aromatic nitrogens is 1. The summed E-state index contributed by atoms with van der Waals surface area (Å²) in [6.45, 7) is 1.87. The number of aliphatic imine (C=N–C) groups is 1.